The number of amides is 1. The highest BCUT2D eigenvalue weighted by Gasteiger charge is 2.27. The number of benzene rings is 1. The van der Waals surface area contributed by atoms with Crippen LogP contribution < -0.4 is 11.1 Å². The number of hydrogen-bond acceptors (Lipinski definition) is 4. The van der Waals surface area contributed by atoms with Crippen molar-refractivity contribution in [1.82, 2.24) is 4.31 Å². The van der Waals surface area contributed by atoms with Gasteiger partial charge >= 0.3 is 0 Å². The maximum Gasteiger partial charge on any atom is 0.243 e. The van der Waals surface area contributed by atoms with Gasteiger partial charge in [-0.2, -0.15) is 4.31 Å². The van der Waals surface area contributed by atoms with Gasteiger partial charge in [0.2, 0.25) is 15.9 Å². The SMILES string of the molecule is NC1CCCC(C(=O)Nc2cccc(S(=O)(=O)N3CCCCC3)c2)C1. The van der Waals surface area contributed by atoms with Crippen molar-refractivity contribution in [2.45, 2.75) is 55.9 Å². The highest BCUT2D eigenvalue weighted by molar-refractivity contribution is 7.89. The normalized spacial score (nSPS) is 25.5. The molecule has 1 saturated heterocycles. The van der Waals surface area contributed by atoms with Gasteiger partial charge in [0.25, 0.3) is 0 Å². The molecule has 3 N–H and O–H groups in total. The number of piperidine rings is 1. The van der Waals surface area contributed by atoms with Gasteiger partial charge in [-0.05, 0) is 50.3 Å². The number of anilines is 1. The van der Waals surface area contributed by atoms with Gasteiger partial charge < -0.3 is 11.1 Å². The third-order valence-corrected chi connectivity index (χ3v) is 7.03. The molecule has 2 atom stereocenters. The van der Waals surface area contributed by atoms with E-state index in [0.717, 1.165) is 38.5 Å². The van der Waals surface area contributed by atoms with Gasteiger partial charge in [0.05, 0.1) is 4.90 Å². The minimum atomic E-state index is -3.49. The molecule has 1 heterocycles. The zero-order valence-electron chi connectivity index (χ0n) is 14.5. The predicted molar refractivity (Wildman–Crippen MR) is 97.6 cm³/mol. The van der Waals surface area contributed by atoms with Crippen molar-refractivity contribution in [2.24, 2.45) is 11.7 Å². The first-order chi connectivity index (χ1) is 12.0. The fourth-order valence-corrected chi connectivity index (χ4v) is 5.26. The number of sulfonamides is 1. The van der Waals surface area contributed by atoms with Gasteiger partial charge in [0.1, 0.15) is 0 Å². The lowest BCUT2D eigenvalue weighted by molar-refractivity contribution is -0.120. The summed E-state index contributed by atoms with van der Waals surface area (Å²) >= 11 is 0. The minimum absolute atomic E-state index is 0.0670. The quantitative estimate of drug-likeness (QED) is 0.856. The first-order valence-electron chi connectivity index (χ1n) is 9.13. The molecule has 1 amide bonds. The van der Waals surface area contributed by atoms with Crippen LogP contribution in [0, 0.1) is 5.92 Å². The molecule has 1 aromatic rings. The van der Waals surface area contributed by atoms with Crippen molar-refractivity contribution in [2.75, 3.05) is 18.4 Å². The molecule has 2 unspecified atom stereocenters. The summed E-state index contributed by atoms with van der Waals surface area (Å²) in [6, 6.07) is 6.64. The van der Waals surface area contributed by atoms with E-state index in [2.05, 4.69) is 5.32 Å². The molecule has 0 spiro atoms. The smallest absolute Gasteiger partial charge is 0.243 e. The van der Waals surface area contributed by atoms with Crippen molar-refractivity contribution in [3.05, 3.63) is 24.3 Å². The Morgan fingerprint density at radius 3 is 2.60 bits per heavy atom. The van der Waals surface area contributed by atoms with E-state index < -0.39 is 10.0 Å². The van der Waals surface area contributed by atoms with Crippen molar-refractivity contribution in [3.8, 4) is 0 Å². The molecule has 138 valence electrons. The third kappa shape index (κ3) is 4.40. The van der Waals surface area contributed by atoms with E-state index in [1.165, 1.54) is 4.31 Å². The van der Waals surface area contributed by atoms with Crippen molar-refractivity contribution >= 4 is 21.6 Å². The van der Waals surface area contributed by atoms with E-state index in [0.29, 0.717) is 25.2 Å². The summed E-state index contributed by atoms with van der Waals surface area (Å²) in [6.45, 7) is 1.14. The van der Waals surface area contributed by atoms with Crippen LogP contribution in [0.1, 0.15) is 44.9 Å². The lowest BCUT2D eigenvalue weighted by atomic mass is 9.85. The zero-order valence-corrected chi connectivity index (χ0v) is 15.3. The molecule has 2 aliphatic rings. The number of rotatable bonds is 4. The number of carbonyl (C=O) groups excluding carboxylic acids is 1. The molecule has 2 fully saturated rings. The molecule has 6 nitrogen and oxygen atoms in total. The summed E-state index contributed by atoms with van der Waals surface area (Å²) in [7, 11) is -3.49. The van der Waals surface area contributed by atoms with Crippen LogP contribution in [-0.4, -0.2) is 37.8 Å². The number of nitrogens with two attached hydrogens (primary N) is 1. The highest BCUT2D eigenvalue weighted by Crippen LogP contribution is 2.26. The van der Waals surface area contributed by atoms with E-state index in [1.54, 1.807) is 24.3 Å². The van der Waals surface area contributed by atoms with E-state index in [-0.39, 0.29) is 22.8 Å². The Morgan fingerprint density at radius 1 is 1.12 bits per heavy atom. The topological polar surface area (TPSA) is 92.5 Å². The Bertz CT molecular complexity index is 714. The second-order valence-electron chi connectivity index (χ2n) is 7.11. The van der Waals surface area contributed by atoms with Crippen molar-refractivity contribution in [3.63, 3.8) is 0 Å². The maximum absolute atomic E-state index is 12.8. The summed E-state index contributed by atoms with van der Waals surface area (Å²) in [5, 5.41) is 2.87. The Balaban J connectivity index is 1.71. The Hall–Kier alpha value is -1.44. The van der Waals surface area contributed by atoms with Gasteiger partial charge in [-0.1, -0.05) is 18.9 Å². The van der Waals surface area contributed by atoms with E-state index >= 15 is 0 Å². The molecule has 0 aromatic heterocycles. The van der Waals surface area contributed by atoms with E-state index in [9.17, 15) is 13.2 Å². The molecule has 1 aromatic carbocycles. The van der Waals surface area contributed by atoms with Gasteiger partial charge in [0.15, 0.2) is 0 Å². The molecular formula is C18H27N3O3S. The summed E-state index contributed by atoms with van der Waals surface area (Å²) in [5.41, 5.74) is 6.49. The molecule has 0 bridgehead atoms. The standard InChI is InChI=1S/C18H27N3O3S/c19-15-7-4-6-14(12-15)18(22)20-16-8-5-9-17(13-16)25(23,24)21-10-2-1-3-11-21/h5,8-9,13-15H,1-4,6-7,10-12,19H2,(H,20,22). The van der Waals surface area contributed by atoms with Crippen LogP contribution in [0.15, 0.2) is 29.2 Å². The molecule has 1 saturated carbocycles. The van der Waals surface area contributed by atoms with Crippen LogP contribution in [0.4, 0.5) is 5.69 Å². The fraction of sp³-hybridized carbons (Fsp3) is 0.611. The number of nitrogens with zero attached hydrogens (tertiary/aromatic N) is 1. The van der Waals surface area contributed by atoms with Gasteiger partial charge in [-0.3, -0.25) is 4.79 Å². The highest BCUT2D eigenvalue weighted by atomic mass is 32.2. The number of nitrogens with one attached hydrogen (secondary N) is 1. The van der Waals surface area contributed by atoms with Crippen LogP contribution >= 0.6 is 0 Å². The monoisotopic (exact) mass is 365 g/mol. The summed E-state index contributed by atoms with van der Waals surface area (Å²) in [4.78, 5) is 12.7. The summed E-state index contributed by atoms with van der Waals surface area (Å²) in [6.07, 6.45) is 6.33. The molecular weight excluding hydrogens is 338 g/mol. The molecule has 1 aliphatic heterocycles. The lowest BCUT2D eigenvalue weighted by Gasteiger charge is -2.26. The van der Waals surface area contributed by atoms with Crippen molar-refractivity contribution < 1.29 is 13.2 Å². The Kier molecular flexibility index (Phi) is 5.76. The van der Waals surface area contributed by atoms with Gasteiger partial charge in [-0.25, -0.2) is 8.42 Å². The van der Waals surface area contributed by atoms with Crippen LogP contribution in [0.25, 0.3) is 0 Å². The second-order valence-corrected chi connectivity index (χ2v) is 9.04. The van der Waals surface area contributed by atoms with Crippen LogP contribution in [-0.2, 0) is 14.8 Å². The first kappa shape index (κ1) is 18.4. The predicted octanol–water partition coefficient (Wildman–Crippen LogP) is 2.32. The van der Waals surface area contributed by atoms with Crippen LogP contribution in [0.2, 0.25) is 0 Å². The summed E-state index contributed by atoms with van der Waals surface area (Å²) in [5.74, 6) is -0.159. The van der Waals surface area contributed by atoms with Crippen molar-refractivity contribution in [1.29, 1.82) is 0 Å². The summed E-state index contributed by atoms with van der Waals surface area (Å²) < 4.78 is 27.1. The Labute approximate surface area is 149 Å². The molecule has 1 aliphatic carbocycles. The second kappa shape index (κ2) is 7.85. The largest absolute Gasteiger partial charge is 0.328 e. The van der Waals surface area contributed by atoms with Gasteiger partial charge in [0, 0.05) is 30.7 Å². The number of carbonyl (C=O) groups is 1. The first-order valence-corrected chi connectivity index (χ1v) is 10.6. The lowest BCUT2D eigenvalue weighted by Crippen LogP contribution is -2.35. The van der Waals surface area contributed by atoms with E-state index in [4.69, 9.17) is 5.73 Å². The molecule has 0 radical (unpaired) electrons. The fourth-order valence-electron chi connectivity index (χ4n) is 3.70. The van der Waals surface area contributed by atoms with Gasteiger partial charge in [-0.15, -0.1) is 0 Å². The van der Waals surface area contributed by atoms with Crippen LogP contribution in [0.5, 0.6) is 0 Å². The minimum Gasteiger partial charge on any atom is -0.328 e. The Morgan fingerprint density at radius 2 is 1.88 bits per heavy atom. The molecule has 25 heavy (non-hydrogen) atoms. The molecule has 3 rings (SSSR count). The maximum atomic E-state index is 12.8. The molecule has 7 heteroatoms. The van der Waals surface area contributed by atoms with Crippen LogP contribution in [0.3, 0.4) is 0 Å². The average molecular weight is 365 g/mol. The average Bonchev–Trinajstić information content (AvgIpc) is 2.62. The number of hydrogen-bond donors (Lipinski definition) is 2. The zero-order chi connectivity index (χ0) is 17.9. The third-order valence-electron chi connectivity index (χ3n) is 5.14. The van der Waals surface area contributed by atoms with E-state index in [1.807, 2.05) is 0 Å².